The second-order valence-corrected chi connectivity index (χ2v) is 5.14. The fourth-order valence-corrected chi connectivity index (χ4v) is 2.41. The number of aryl methyl sites for hydroxylation is 2. The highest BCUT2D eigenvalue weighted by molar-refractivity contribution is 6.31. The van der Waals surface area contributed by atoms with E-state index in [0.29, 0.717) is 5.02 Å². The van der Waals surface area contributed by atoms with Crippen LogP contribution in [0.1, 0.15) is 5.56 Å². The van der Waals surface area contributed by atoms with Gasteiger partial charge in [0.2, 0.25) is 0 Å². The molecule has 0 aliphatic heterocycles. The van der Waals surface area contributed by atoms with Gasteiger partial charge in [0, 0.05) is 23.3 Å². The lowest BCUT2D eigenvalue weighted by Gasteiger charge is -2.05. The molecule has 96 valence electrons. The van der Waals surface area contributed by atoms with Gasteiger partial charge in [-0.25, -0.2) is 4.98 Å². The van der Waals surface area contributed by atoms with E-state index in [-0.39, 0.29) is 0 Å². The maximum Gasteiger partial charge on any atom is 0.140 e. The van der Waals surface area contributed by atoms with Crippen molar-refractivity contribution in [1.82, 2.24) is 9.55 Å². The number of rotatable bonds is 1. The molecule has 3 rings (SSSR count). The fraction of sp³-hybridized carbons (Fsp3) is 0.133. The Labute approximate surface area is 116 Å². The standard InChI is InChI=1S/C15H14ClN3/c1-9-7-10(3-5-12(9)17)15-18-13-8-11(16)4-6-14(13)19(15)2/h3-8H,17H2,1-2H3. The Balaban J connectivity index is 2.24. The van der Waals surface area contributed by atoms with Gasteiger partial charge in [0.1, 0.15) is 5.82 Å². The summed E-state index contributed by atoms with van der Waals surface area (Å²) in [5, 5.41) is 0.700. The number of anilines is 1. The van der Waals surface area contributed by atoms with Crippen LogP contribution in [0, 0.1) is 6.92 Å². The molecule has 0 unspecified atom stereocenters. The highest BCUT2D eigenvalue weighted by Crippen LogP contribution is 2.27. The second kappa shape index (κ2) is 4.28. The SMILES string of the molecule is Cc1cc(-c2nc3cc(Cl)ccc3n2C)ccc1N. The van der Waals surface area contributed by atoms with Gasteiger partial charge in [-0.2, -0.15) is 0 Å². The molecule has 3 aromatic rings. The fourth-order valence-electron chi connectivity index (χ4n) is 2.25. The van der Waals surface area contributed by atoms with E-state index < -0.39 is 0 Å². The summed E-state index contributed by atoms with van der Waals surface area (Å²) in [6, 6.07) is 11.7. The molecule has 0 amide bonds. The van der Waals surface area contributed by atoms with Crippen molar-refractivity contribution in [3.05, 3.63) is 47.0 Å². The van der Waals surface area contributed by atoms with Crippen LogP contribution in [-0.4, -0.2) is 9.55 Å². The predicted molar refractivity (Wildman–Crippen MR) is 80.3 cm³/mol. The van der Waals surface area contributed by atoms with Crippen LogP contribution in [0.15, 0.2) is 36.4 Å². The molecule has 0 spiro atoms. The van der Waals surface area contributed by atoms with E-state index in [9.17, 15) is 0 Å². The third-order valence-electron chi connectivity index (χ3n) is 3.37. The second-order valence-electron chi connectivity index (χ2n) is 4.70. The number of hydrogen-bond donors (Lipinski definition) is 1. The first-order valence-electron chi connectivity index (χ1n) is 6.05. The van der Waals surface area contributed by atoms with Crippen LogP contribution >= 0.6 is 11.6 Å². The number of benzene rings is 2. The molecule has 2 aromatic carbocycles. The number of hydrogen-bond acceptors (Lipinski definition) is 2. The number of nitrogen functional groups attached to an aromatic ring is 1. The summed E-state index contributed by atoms with van der Waals surface area (Å²) in [7, 11) is 2.00. The van der Waals surface area contributed by atoms with Crippen LogP contribution in [0.2, 0.25) is 5.02 Å². The van der Waals surface area contributed by atoms with Crippen molar-refractivity contribution in [3.8, 4) is 11.4 Å². The van der Waals surface area contributed by atoms with Crippen LogP contribution in [-0.2, 0) is 7.05 Å². The molecular weight excluding hydrogens is 258 g/mol. The molecule has 1 heterocycles. The van der Waals surface area contributed by atoms with E-state index in [4.69, 9.17) is 17.3 Å². The summed E-state index contributed by atoms with van der Waals surface area (Å²) in [6.07, 6.45) is 0. The molecular formula is C15H14ClN3. The van der Waals surface area contributed by atoms with Crippen molar-refractivity contribution < 1.29 is 0 Å². The first kappa shape index (κ1) is 12.1. The van der Waals surface area contributed by atoms with E-state index >= 15 is 0 Å². The topological polar surface area (TPSA) is 43.8 Å². The molecule has 4 heteroatoms. The summed E-state index contributed by atoms with van der Waals surface area (Å²) in [6.45, 7) is 2.00. The van der Waals surface area contributed by atoms with Crippen molar-refractivity contribution in [1.29, 1.82) is 0 Å². The first-order chi connectivity index (χ1) is 9.06. The van der Waals surface area contributed by atoms with Crippen molar-refractivity contribution in [2.45, 2.75) is 6.92 Å². The zero-order valence-corrected chi connectivity index (χ0v) is 11.6. The molecule has 0 saturated heterocycles. The quantitative estimate of drug-likeness (QED) is 0.685. The van der Waals surface area contributed by atoms with Crippen LogP contribution in [0.5, 0.6) is 0 Å². The minimum atomic E-state index is 0.700. The Morgan fingerprint density at radius 1 is 1.16 bits per heavy atom. The number of nitrogens with two attached hydrogens (primary N) is 1. The van der Waals surface area contributed by atoms with Crippen LogP contribution < -0.4 is 5.73 Å². The minimum absolute atomic E-state index is 0.700. The number of aromatic nitrogens is 2. The molecule has 0 aliphatic rings. The van der Waals surface area contributed by atoms with Gasteiger partial charge in [-0.1, -0.05) is 11.6 Å². The van der Waals surface area contributed by atoms with Gasteiger partial charge in [-0.3, -0.25) is 0 Å². The monoisotopic (exact) mass is 271 g/mol. The Morgan fingerprint density at radius 2 is 1.95 bits per heavy atom. The van der Waals surface area contributed by atoms with E-state index in [1.54, 1.807) is 0 Å². The molecule has 0 aliphatic carbocycles. The van der Waals surface area contributed by atoms with Gasteiger partial charge >= 0.3 is 0 Å². The highest BCUT2D eigenvalue weighted by atomic mass is 35.5. The maximum absolute atomic E-state index is 6.01. The Morgan fingerprint density at radius 3 is 2.68 bits per heavy atom. The van der Waals surface area contributed by atoms with Gasteiger partial charge in [0.15, 0.2) is 0 Å². The number of halogens is 1. The largest absolute Gasteiger partial charge is 0.399 e. The van der Waals surface area contributed by atoms with Crippen molar-refractivity contribution in [2.24, 2.45) is 7.05 Å². The van der Waals surface area contributed by atoms with Gasteiger partial charge in [0.25, 0.3) is 0 Å². The van der Waals surface area contributed by atoms with Crippen molar-refractivity contribution in [3.63, 3.8) is 0 Å². The van der Waals surface area contributed by atoms with E-state index in [1.807, 2.05) is 44.3 Å². The molecule has 0 fully saturated rings. The third kappa shape index (κ3) is 1.96. The van der Waals surface area contributed by atoms with Gasteiger partial charge in [0.05, 0.1) is 11.0 Å². The lowest BCUT2D eigenvalue weighted by Crippen LogP contribution is -1.94. The Hall–Kier alpha value is -2.00. The van der Waals surface area contributed by atoms with Crippen LogP contribution in [0.25, 0.3) is 22.4 Å². The van der Waals surface area contributed by atoms with E-state index in [0.717, 1.165) is 33.7 Å². The minimum Gasteiger partial charge on any atom is -0.399 e. The Bertz CT molecular complexity index is 774. The summed E-state index contributed by atoms with van der Waals surface area (Å²) in [4.78, 5) is 4.65. The summed E-state index contributed by atoms with van der Waals surface area (Å²) >= 11 is 6.01. The first-order valence-corrected chi connectivity index (χ1v) is 6.42. The zero-order chi connectivity index (χ0) is 13.6. The third-order valence-corrected chi connectivity index (χ3v) is 3.61. The molecule has 0 bridgehead atoms. The van der Waals surface area contributed by atoms with Gasteiger partial charge in [-0.15, -0.1) is 0 Å². The average molecular weight is 272 g/mol. The smallest absolute Gasteiger partial charge is 0.140 e. The molecule has 2 N–H and O–H groups in total. The molecule has 0 saturated carbocycles. The molecule has 0 radical (unpaired) electrons. The summed E-state index contributed by atoms with van der Waals surface area (Å²) < 4.78 is 2.07. The highest BCUT2D eigenvalue weighted by Gasteiger charge is 2.10. The molecule has 19 heavy (non-hydrogen) atoms. The molecule has 1 aromatic heterocycles. The average Bonchev–Trinajstić information content (AvgIpc) is 2.70. The number of imidazole rings is 1. The molecule has 0 atom stereocenters. The summed E-state index contributed by atoms with van der Waals surface area (Å²) in [5.41, 5.74) is 10.7. The van der Waals surface area contributed by atoms with Crippen LogP contribution in [0.3, 0.4) is 0 Å². The maximum atomic E-state index is 6.01. The van der Waals surface area contributed by atoms with Crippen molar-refractivity contribution in [2.75, 3.05) is 5.73 Å². The number of fused-ring (bicyclic) bond motifs is 1. The lowest BCUT2D eigenvalue weighted by molar-refractivity contribution is 0.959. The van der Waals surface area contributed by atoms with Crippen LogP contribution in [0.4, 0.5) is 5.69 Å². The number of nitrogens with zero attached hydrogens (tertiary/aromatic N) is 2. The Kier molecular flexibility index (Phi) is 2.72. The summed E-state index contributed by atoms with van der Waals surface area (Å²) in [5.74, 6) is 0.917. The molecule has 3 nitrogen and oxygen atoms in total. The van der Waals surface area contributed by atoms with Gasteiger partial charge < -0.3 is 10.3 Å². The zero-order valence-electron chi connectivity index (χ0n) is 10.8. The van der Waals surface area contributed by atoms with E-state index in [2.05, 4.69) is 15.6 Å². The van der Waals surface area contributed by atoms with Crippen molar-refractivity contribution >= 4 is 28.3 Å². The predicted octanol–water partition coefficient (Wildman–Crippen LogP) is 3.78. The van der Waals surface area contributed by atoms with Gasteiger partial charge in [-0.05, 0) is 48.9 Å². The van der Waals surface area contributed by atoms with E-state index in [1.165, 1.54) is 0 Å². The normalized spacial score (nSPS) is 11.1. The lowest BCUT2D eigenvalue weighted by atomic mass is 10.1.